The monoisotopic (exact) mass is 286 g/mol. The standard InChI is InChI=1S/C12H19N3O3S/c1-14-5-7-15(8-6-14)19(16,17)10-3-4-12(18-2)11(13)9-10/h3-4,9H,5-8,13H2,1-2H3/p+1. The number of nitrogens with two attached hydrogens (primary N) is 1. The van der Waals surface area contributed by atoms with Crippen LogP contribution >= 0.6 is 0 Å². The summed E-state index contributed by atoms with van der Waals surface area (Å²) >= 11 is 0. The molecule has 2 rings (SSSR count). The number of piperazine rings is 1. The number of benzene rings is 1. The molecule has 0 unspecified atom stereocenters. The highest BCUT2D eigenvalue weighted by molar-refractivity contribution is 7.89. The van der Waals surface area contributed by atoms with Gasteiger partial charge in [0.15, 0.2) is 0 Å². The van der Waals surface area contributed by atoms with Gasteiger partial charge in [0.25, 0.3) is 0 Å². The number of methoxy groups -OCH3 is 1. The lowest BCUT2D eigenvalue weighted by atomic mass is 10.3. The van der Waals surface area contributed by atoms with Crippen molar-refractivity contribution in [1.29, 1.82) is 0 Å². The van der Waals surface area contributed by atoms with Crippen molar-refractivity contribution in [3.63, 3.8) is 0 Å². The van der Waals surface area contributed by atoms with Crippen LogP contribution in [0.1, 0.15) is 0 Å². The third kappa shape index (κ3) is 2.83. The Balaban J connectivity index is 2.27. The average molecular weight is 286 g/mol. The van der Waals surface area contributed by atoms with Crippen molar-refractivity contribution < 1.29 is 18.1 Å². The number of nitrogen functional groups attached to an aromatic ring is 1. The molecular formula is C12H20N3O3S+. The Labute approximate surface area is 113 Å². The molecule has 0 saturated carbocycles. The molecule has 0 aliphatic carbocycles. The first-order valence-electron chi connectivity index (χ1n) is 6.20. The number of hydrogen-bond donors (Lipinski definition) is 2. The highest BCUT2D eigenvalue weighted by atomic mass is 32.2. The first-order chi connectivity index (χ1) is 8.95. The minimum Gasteiger partial charge on any atom is -0.495 e. The maximum atomic E-state index is 12.5. The molecule has 0 aromatic heterocycles. The van der Waals surface area contributed by atoms with Crippen LogP contribution < -0.4 is 15.4 Å². The molecule has 1 heterocycles. The fourth-order valence-electron chi connectivity index (χ4n) is 2.13. The lowest BCUT2D eigenvalue weighted by molar-refractivity contribution is -0.883. The number of ether oxygens (including phenoxy) is 1. The van der Waals surface area contributed by atoms with Gasteiger partial charge in [-0.1, -0.05) is 0 Å². The van der Waals surface area contributed by atoms with Crippen molar-refractivity contribution in [1.82, 2.24) is 4.31 Å². The van der Waals surface area contributed by atoms with E-state index < -0.39 is 10.0 Å². The maximum absolute atomic E-state index is 12.5. The number of rotatable bonds is 3. The van der Waals surface area contributed by atoms with Crippen molar-refractivity contribution in [2.24, 2.45) is 0 Å². The third-order valence-electron chi connectivity index (χ3n) is 3.41. The lowest BCUT2D eigenvalue weighted by Gasteiger charge is -2.29. The maximum Gasteiger partial charge on any atom is 0.243 e. The van der Waals surface area contributed by atoms with Crippen molar-refractivity contribution in [2.45, 2.75) is 4.90 Å². The number of quaternary nitrogens is 1. The summed E-state index contributed by atoms with van der Waals surface area (Å²) in [6.07, 6.45) is 0. The van der Waals surface area contributed by atoms with E-state index in [9.17, 15) is 8.42 Å². The van der Waals surface area contributed by atoms with Gasteiger partial charge in [0.2, 0.25) is 10.0 Å². The normalized spacial score (nSPS) is 18.4. The molecule has 0 amide bonds. The van der Waals surface area contributed by atoms with Crippen LogP contribution in [0.2, 0.25) is 0 Å². The first kappa shape index (κ1) is 14.1. The van der Waals surface area contributed by atoms with E-state index in [-0.39, 0.29) is 4.90 Å². The summed E-state index contributed by atoms with van der Waals surface area (Å²) in [6, 6.07) is 4.58. The van der Waals surface area contributed by atoms with Gasteiger partial charge in [-0.15, -0.1) is 0 Å². The van der Waals surface area contributed by atoms with Gasteiger partial charge in [0, 0.05) is 0 Å². The zero-order valence-corrected chi connectivity index (χ0v) is 12.0. The molecule has 1 aromatic carbocycles. The van der Waals surface area contributed by atoms with E-state index in [1.807, 2.05) is 0 Å². The van der Waals surface area contributed by atoms with Crippen LogP contribution in [0.15, 0.2) is 23.1 Å². The molecule has 0 atom stereocenters. The van der Waals surface area contributed by atoms with Crippen molar-refractivity contribution >= 4 is 15.7 Å². The summed E-state index contributed by atoms with van der Waals surface area (Å²) in [7, 11) is 0.119. The molecule has 6 nitrogen and oxygen atoms in total. The highest BCUT2D eigenvalue weighted by Gasteiger charge is 2.29. The van der Waals surface area contributed by atoms with Crippen LogP contribution in [-0.4, -0.2) is 53.1 Å². The average Bonchev–Trinajstić information content (AvgIpc) is 2.39. The van der Waals surface area contributed by atoms with Crippen LogP contribution in [0.25, 0.3) is 0 Å². The predicted molar refractivity (Wildman–Crippen MR) is 72.8 cm³/mol. The largest absolute Gasteiger partial charge is 0.495 e. The van der Waals surface area contributed by atoms with Gasteiger partial charge in [-0.2, -0.15) is 4.31 Å². The van der Waals surface area contributed by atoms with Gasteiger partial charge < -0.3 is 15.4 Å². The van der Waals surface area contributed by atoms with Gasteiger partial charge >= 0.3 is 0 Å². The summed E-state index contributed by atoms with van der Waals surface area (Å²) in [5, 5.41) is 0. The molecule has 0 spiro atoms. The molecule has 1 aliphatic heterocycles. The fourth-order valence-corrected chi connectivity index (χ4v) is 3.61. The van der Waals surface area contributed by atoms with Crippen LogP contribution in [0.5, 0.6) is 5.75 Å². The fraction of sp³-hybridized carbons (Fsp3) is 0.500. The van der Waals surface area contributed by atoms with Crippen LogP contribution in [-0.2, 0) is 10.0 Å². The van der Waals surface area contributed by atoms with Gasteiger partial charge in [0.05, 0.1) is 50.9 Å². The number of likely N-dealkylation sites (N-methyl/N-ethyl adjacent to an activating group) is 1. The van der Waals surface area contributed by atoms with Gasteiger partial charge in [0.1, 0.15) is 5.75 Å². The van der Waals surface area contributed by atoms with Crippen LogP contribution in [0.4, 0.5) is 5.69 Å². The number of sulfonamides is 1. The molecule has 1 fully saturated rings. The number of anilines is 1. The molecular weight excluding hydrogens is 266 g/mol. The molecule has 0 bridgehead atoms. The van der Waals surface area contributed by atoms with Crippen LogP contribution in [0, 0.1) is 0 Å². The smallest absolute Gasteiger partial charge is 0.243 e. The van der Waals surface area contributed by atoms with E-state index in [1.54, 1.807) is 6.07 Å². The SMILES string of the molecule is COc1ccc(S(=O)(=O)N2CC[NH+](C)CC2)cc1N. The molecule has 0 radical (unpaired) electrons. The van der Waals surface area contributed by atoms with Gasteiger partial charge in [-0.05, 0) is 18.2 Å². The van der Waals surface area contributed by atoms with E-state index >= 15 is 0 Å². The van der Waals surface area contributed by atoms with Crippen LogP contribution in [0.3, 0.4) is 0 Å². The zero-order chi connectivity index (χ0) is 14.0. The summed E-state index contributed by atoms with van der Waals surface area (Å²) in [5.41, 5.74) is 6.10. The van der Waals surface area contributed by atoms with Gasteiger partial charge in [-0.25, -0.2) is 8.42 Å². The van der Waals surface area contributed by atoms with Gasteiger partial charge in [-0.3, -0.25) is 0 Å². The Kier molecular flexibility index (Phi) is 3.98. The molecule has 1 aliphatic rings. The molecule has 1 saturated heterocycles. The topological polar surface area (TPSA) is 77.1 Å². The van der Waals surface area contributed by atoms with E-state index in [4.69, 9.17) is 10.5 Å². The minimum absolute atomic E-state index is 0.227. The second kappa shape index (κ2) is 5.36. The number of hydrogen-bond acceptors (Lipinski definition) is 4. The second-order valence-corrected chi connectivity index (χ2v) is 6.70. The lowest BCUT2D eigenvalue weighted by Crippen LogP contribution is -3.12. The first-order valence-corrected chi connectivity index (χ1v) is 7.64. The zero-order valence-electron chi connectivity index (χ0n) is 11.2. The Bertz CT molecular complexity index is 551. The van der Waals surface area contributed by atoms with Crippen molar-refractivity contribution in [3.8, 4) is 5.75 Å². The Morgan fingerprint density at radius 2 is 1.95 bits per heavy atom. The van der Waals surface area contributed by atoms with E-state index in [1.165, 1.54) is 28.4 Å². The highest BCUT2D eigenvalue weighted by Crippen LogP contribution is 2.26. The summed E-state index contributed by atoms with van der Waals surface area (Å²) in [5.74, 6) is 0.488. The molecule has 19 heavy (non-hydrogen) atoms. The van der Waals surface area contributed by atoms with E-state index in [2.05, 4.69) is 7.05 Å². The predicted octanol–water partition coefficient (Wildman–Crippen LogP) is -1.20. The minimum atomic E-state index is -3.45. The number of nitrogens with zero attached hydrogens (tertiary/aromatic N) is 1. The Morgan fingerprint density at radius 3 is 2.47 bits per heavy atom. The summed E-state index contributed by atoms with van der Waals surface area (Å²) < 4.78 is 31.5. The van der Waals surface area contributed by atoms with E-state index in [0.29, 0.717) is 24.5 Å². The third-order valence-corrected chi connectivity index (χ3v) is 5.31. The number of nitrogens with one attached hydrogen (secondary N) is 1. The molecule has 106 valence electrons. The molecule has 3 N–H and O–H groups in total. The quantitative estimate of drug-likeness (QED) is 0.684. The van der Waals surface area contributed by atoms with Crippen molar-refractivity contribution in [3.05, 3.63) is 18.2 Å². The Morgan fingerprint density at radius 1 is 1.32 bits per heavy atom. The second-order valence-electron chi connectivity index (χ2n) is 4.76. The Hall–Kier alpha value is -1.31. The van der Waals surface area contributed by atoms with E-state index in [0.717, 1.165) is 13.1 Å². The summed E-state index contributed by atoms with van der Waals surface area (Å²) in [4.78, 5) is 1.58. The molecule has 7 heteroatoms. The van der Waals surface area contributed by atoms with Crippen molar-refractivity contribution in [2.75, 3.05) is 46.1 Å². The summed E-state index contributed by atoms with van der Waals surface area (Å²) in [6.45, 7) is 2.73. The molecule has 1 aromatic rings.